The second kappa shape index (κ2) is 13.5. The average Bonchev–Trinajstić information content (AvgIpc) is 3.59. The zero-order valence-corrected chi connectivity index (χ0v) is 29.2. The maximum atomic E-state index is 14.4. The van der Waals surface area contributed by atoms with Crippen LogP contribution in [0.2, 0.25) is 0 Å². The molecule has 0 unspecified atom stereocenters. The van der Waals surface area contributed by atoms with Gasteiger partial charge in [0.15, 0.2) is 6.54 Å². The lowest BCUT2D eigenvalue weighted by molar-refractivity contribution is 0.269. The summed E-state index contributed by atoms with van der Waals surface area (Å²) >= 11 is 0. The van der Waals surface area contributed by atoms with Crippen molar-refractivity contribution in [2.24, 2.45) is 11.7 Å². The maximum Gasteiger partial charge on any atom is 0.243 e. The summed E-state index contributed by atoms with van der Waals surface area (Å²) in [7, 11) is -3.76. The Balaban J connectivity index is 1.33. The monoisotopic (exact) mass is 684 g/mol. The highest BCUT2D eigenvalue weighted by atomic mass is 32.2. The first-order valence-corrected chi connectivity index (χ1v) is 19.1. The highest BCUT2D eigenvalue weighted by molar-refractivity contribution is 7.89. The van der Waals surface area contributed by atoms with Crippen molar-refractivity contribution < 1.29 is 17.6 Å². The Morgan fingerprint density at radius 2 is 1.66 bits per heavy atom. The van der Waals surface area contributed by atoms with E-state index in [0.717, 1.165) is 65.4 Å². The predicted octanol–water partition coefficient (Wildman–Crippen LogP) is 7.97. The van der Waals surface area contributed by atoms with Crippen LogP contribution in [0.3, 0.4) is 0 Å². The largest absolute Gasteiger partial charge is 0.457 e. The molecule has 0 aromatic heterocycles. The van der Waals surface area contributed by atoms with Gasteiger partial charge in [-0.05, 0) is 67.6 Å². The number of sulfonamides is 1. The number of hydrogen-bond acceptors (Lipinski definition) is 5. The van der Waals surface area contributed by atoms with Gasteiger partial charge < -0.3 is 14.9 Å². The minimum atomic E-state index is -3.76. The first-order valence-electron chi connectivity index (χ1n) is 17.7. The molecule has 7 nitrogen and oxygen atoms in total. The molecule has 4 aromatic carbocycles. The van der Waals surface area contributed by atoms with Crippen molar-refractivity contribution in [2.75, 3.05) is 26.2 Å². The average molecular weight is 685 g/mol. The molecule has 3 heterocycles. The third kappa shape index (κ3) is 5.91. The third-order valence-electron chi connectivity index (χ3n) is 10.4. The Hall–Kier alpha value is -4.76. The summed E-state index contributed by atoms with van der Waals surface area (Å²) in [6, 6.07) is 35.9. The first-order chi connectivity index (χ1) is 24.4. The van der Waals surface area contributed by atoms with Gasteiger partial charge in [-0.25, -0.2) is 8.42 Å². The van der Waals surface area contributed by atoms with Gasteiger partial charge in [0.1, 0.15) is 22.8 Å². The van der Waals surface area contributed by atoms with Gasteiger partial charge in [0.25, 0.3) is 0 Å². The van der Waals surface area contributed by atoms with Crippen LogP contribution in [-0.2, 0) is 22.9 Å². The summed E-state index contributed by atoms with van der Waals surface area (Å²) in [5.41, 5.74) is 12.4. The van der Waals surface area contributed by atoms with Crippen molar-refractivity contribution in [2.45, 2.75) is 43.9 Å². The standard InChI is InChI=1S/C42H42N3O4S/c1-2-29-20-24-44(25-21-29)50(46,47)41-14-8-5-11-36(41)42-34-17-15-32(45-26-22-30-9-3-6-12-37(30)45)27-39(34)49-40-28-33(16-18-35(40)42)48-38-13-7-4-10-31(38)19-23-43/h3-18,27-29H,2,19-26,43H2,1H3/q+1. The van der Waals surface area contributed by atoms with E-state index in [2.05, 4.69) is 54.0 Å². The van der Waals surface area contributed by atoms with Crippen LogP contribution < -0.4 is 20.4 Å². The normalized spacial score (nSPS) is 16.6. The Morgan fingerprint density at radius 1 is 0.880 bits per heavy atom. The van der Waals surface area contributed by atoms with Crippen LogP contribution in [0.1, 0.15) is 37.3 Å². The lowest BCUT2D eigenvalue weighted by atomic mass is 9.93. The van der Waals surface area contributed by atoms with Gasteiger partial charge in [-0.15, -0.1) is 0 Å². The molecule has 254 valence electrons. The van der Waals surface area contributed by atoms with Crippen molar-refractivity contribution in [3.05, 3.63) is 126 Å². The smallest absolute Gasteiger partial charge is 0.243 e. The highest BCUT2D eigenvalue weighted by Gasteiger charge is 2.32. The van der Waals surface area contributed by atoms with E-state index >= 15 is 0 Å². The summed E-state index contributed by atoms with van der Waals surface area (Å²) in [6.07, 6.45) is 4.51. The van der Waals surface area contributed by atoms with Gasteiger partial charge in [-0.3, -0.25) is 0 Å². The number of nitrogens with zero attached hydrogens (tertiary/aromatic N) is 2. The zero-order valence-electron chi connectivity index (χ0n) is 28.3. The molecule has 1 aliphatic carbocycles. The fourth-order valence-corrected chi connectivity index (χ4v) is 9.34. The Morgan fingerprint density at radius 3 is 2.50 bits per heavy atom. The van der Waals surface area contributed by atoms with E-state index in [1.807, 2.05) is 60.7 Å². The number of nitrogens with two attached hydrogens (primary N) is 1. The molecule has 0 saturated carbocycles. The molecule has 0 amide bonds. The minimum absolute atomic E-state index is 0.317. The summed E-state index contributed by atoms with van der Waals surface area (Å²) < 4.78 is 45.9. The van der Waals surface area contributed by atoms with Crippen molar-refractivity contribution >= 4 is 26.7 Å². The second-order valence-electron chi connectivity index (χ2n) is 13.3. The molecule has 3 aliphatic heterocycles. The van der Waals surface area contributed by atoms with Gasteiger partial charge >= 0.3 is 0 Å². The molecule has 8 heteroatoms. The van der Waals surface area contributed by atoms with Gasteiger partial charge in [0, 0.05) is 65.3 Å². The van der Waals surface area contributed by atoms with E-state index in [1.165, 1.54) is 11.3 Å². The fourth-order valence-electron chi connectivity index (χ4n) is 7.67. The van der Waals surface area contributed by atoms with Crippen molar-refractivity contribution in [3.8, 4) is 33.9 Å². The minimum Gasteiger partial charge on any atom is -0.457 e. The molecule has 4 aromatic rings. The van der Waals surface area contributed by atoms with Crippen LogP contribution in [0.25, 0.3) is 33.4 Å². The molecule has 50 heavy (non-hydrogen) atoms. The fraction of sp³-hybridized carbons (Fsp3) is 0.262. The molecular weight excluding hydrogens is 643 g/mol. The number of benzene rings is 5. The first kappa shape index (κ1) is 32.4. The molecular formula is C42H42N3O4S+. The maximum absolute atomic E-state index is 14.4. The Bertz CT molecular complexity index is 2360. The summed E-state index contributed by atoms with van der Waals surface area (Å²) in [4.78, 5) is 0.317. The molecule has 0 spiro atoms. The number of fused-ring (bicyclic) bond motifs is 3. The van der Waals surface area contributed by atoms with Crippen molar-refractivity contribution in [1.29, 1.82) is 0 Å². The molecule has 8 rings (SSSR count). The number of hydrogen-bond donors (Lipinski definition) is 1. The Kier molecular flexibility index (Phi) is 8.77. The number of piperidine rings is 1. The van der Waals surface area contributed by atoms with Crippen LogP contribution in [0.5, 0.6) is 11.5 Å². The van der Waals surface area contributed by atoms with E-state index in [4.69, 9.17) is 14.9 Å². The SMILES string of the molecule is CCC1CCN(S(=O)(=O)c2ccccc2-c2c3ccc(=[N+]4CCc5ccccc54)cc-3oc3cc(Oc4ccccc4CCN)ccc23)CC1. The quantitative estimate of drug-likeness (QED) is 0.130. The van der Waals surface area contributed by atoms with E-state index in [9.17, 15) is 8.42 Å². The molecule has 1 saturated heterocycles. The van der Waals surface area contributed by atoms with Crippen molar-refractivity contribution in [1.82, 2.24) is 8.88 Å². The van der Waals surface area contributed by atoms with Gasteiger partial charge in [0.05, 0.1) is 11.0 Å². The van der Waals surface area contributed by atoms with Gasteiger partial charge in [0.2, 0.25) is 21.1 Å². The van der Waals surface area contributed by atoms with Crippen LogP contribution in [0, 0.1) is 5.92 Å². The van der Waals surface area contributed by atoms with Crippen molar-refractivity contribution in [3.63, 3.8) is 0 Å². The number of rotatable bonds is 8. The van der Waals surface area contributed by atoms with E-state index in [1.54, 1.807) is 10.4 Å². The highest BCUT2D eigenvalue weighted by Crippen LogP contribution is 2.44. The lowest BCUT2D eigenvalue weighted by Gasteiger charge is -2.31. The Labute approximate surface area is 293 Å². The predicted molar refractivity (Wildman–Crippen MR) is 199 cm³/mol. The zero-order chi connectivity index (χ0) is 34.2. The van der Waals surface area contributed by atoms with E-state index in [0.29, 0.717) is 59.5 Å². The lowest BCUT2D eigenvalue weighted by Crippen LogP contribution is -2.38. The summed E-state index contributed by atoms with van der Waals surface area (Å²) in [6.45, 7) is 4.65. The number of ether oxygens (including phenoxy) is 1. The summed E-state index contributed by atoms with van der Waals surface area (Å²) in [5, 5.41) is 1.84. The molecule has 2 N–H and O–H groups in total. The molecule has 1 fully saturated rings. The summed E-state index contributed by atoms with van der Waals surface area (Å²) in [5.74, 6) is 2.61. The van der Waals surface area contributed by atoms with Gasteiger partial charge in [-0.2, -0.15) is 8.88 Å². The van der Waals surface area contributed by atoms with E-state index < -0.39 is 10.0 Å². The van der Waals surface area contributed by atoms with Gasteiger partial charge in [-0.1, -0.05) is 67.9 Å². The number of para-hydroxylation sites is 2. The van der Waals surface area contributed by atoms with Crippen LogP contribution in [0.4, 0.5) is 5.69 Å². The van der Waals surface area contributed by atoms with Crippen LogP contribution >= 0.6 is 0 Å². The molecule has 4 aliphatic rings. The van der Waals surface area contributed by atoms with Crippen LogP contribution in [-0.4, -0.2) is 38.9 Å². The topological polar surface area (TPSA) is 88.8 Å². The third-order valence-corrected chi connectivity index (χ3v) is 12.4. The molecule has 0 atom stereocenters. The van der Waals surface area contributed by atoms with Crippen LogP contribution in [0.15, 0.2) is 119 Å². The second-order valence-corrected chi connectivity index (χ2v) is 15.3. The molecule has 0 radical (unpaired) electrons. The van der Waals surface area contributed by atoms with E-state index in [-0.39, 0.29) is 0 Å². The molecule has 0 bridgehead atoms.